The minimum absolute atomic E-state index is 0.0675. The monoisotopic (exact) mass is 267 g/mol. The van der Waals surface area contributed by atoms with E-state index in [0.29, 0.717) is 5.56 Å². The Hall–Kier alpha value is -1.47. The third-order valence-electron chi connectivity index (χ3n) is 3.06. The fourth-order valence-corrected chi connectivity index (χ4v) is 1.85. The van der Waals surface area contributed by atoms with Gasteiger partial charge in [-0.25, -0.2) is 4.85 Å². The van der Waals surface area contributed by atoms with Crippen LogP contribution in [0.2, 0.25) is 0 Å². The molecule has 0 atom stereocenters. The molecule has 0 aliphatic rings. The molecule has 0 unspecified atom stereocenters. The zero-order valence-electron chi connectivity index (χ0n) is 11.9. The molecule has 0 saturated heterocycles. The van der Waals surface area contributed by atoms with Crippen LogP contribution in [-0.4, -0.2) is 10.7 Å². The average molecular weight is 267 g/mol. The lowest BCUT2D eigenvalue weighted by Crippen LogP contribution is -2.40. The third-order valence-corrected chi connectivity index (χ3v) is 3.06. The molecule has 0 aliphatic carbocycles. The summed E-state index contributed by atoms with van der Waals surface area (Å²) in [5.74, 6) is -3.48. The number of alkyl halides is 2. The molecule has 0 saturated carbocycles. The van der Waals surface area contributed by atoms with Crippen molar-refractivity contribution < 1.29 is 13.9 Å². The molecule has 0 aromatic heterocycles. The summed E-state index contributed by atoms with van der Waals surface area (Å²) in [5.41, 5.74) is -2.55. The molecule has 4 heteroatoms. The van der Waals surface area contributed by atoms with E-state index in [0.717, 1.165) is 13.8 Å². The summed E-state index contributed by atoms with van der Waals surface area (Å²) in [6, 6.07) is 4.39. The number of benzene rings is 1. The van der Waals surface area contributed by atoms with Gasteiger partial charge in [0.05, 0.1) is 6.57 Å². The van der Waals surface area contributed by atoms with E-state index in [9.17, 15) is 13.9 Å². The predicted molar refractivity (Wildman–Crippen MR) is 71.6 cm³/mol. The van der Waals surface area contributed by atoms with Crippen LogP contribution in [0, 0.1) is 6.57 Å². The fraction of sp³-hybridized carbons (Fsp3) is 0.533. The second kappa shape index (κ2) is 4.57. The van der Waals surface area contributed by atoms with E-state index in [2.05, 4.69) is 4.85 Å². The Morgan fingerprint density at radius 1 is 1.05 bits per heavy atom. The highest BCUT2D eigenvalue weighted by Crippen LogP contribution is 2.46. The van der Waals surface area contributed by atoms with Gasteiger partial charge in [-0.15, -0.1) is 0 Å². The molecule has 0 radical (unpaired) electrons. The molecule has 1 rings (SSSR count). The number of aliphatic hydroxyl groups is 1. The summed E-state index contributed by atoms with van der Waals surface area (Å²) in [7, 11) is 0. The van der Waals surface area contributed by atoms with Gasteiger partial charge in [0.25, 0.3) is 5.92 Å². The van der Waals surface area contributed by atoms with E-state index in [1.54, 1.807) is 6.07 Å². The zero-order chi connectivity index (χ0) is 15.1. The molecule has 0 heterocycles. The Morgan fingerprint density at radius 3 is 1.89 bits per heavy atom. The minimum Gasteiger partial charge on any atom is -0.384 e. The van der Waals surface area contributed by atoms with Crippen molar-refractivity contribution in [3.63, 3.8) is 0 Å². The van der Waals surface area contributed by atoms with E-state index < -0.39 is 22.5 Å². The van der Waals surface area contributed by atoms with E-state index in [1.807, 2.05) is 20.8 Å². The first-order chi connectivity index (χ1) is 8.43. The van der Waals surface area contributed by atoms with E-state index in [4.69, 9.17) is 6.57 Å². The first-order valence-corrected chi connectivity index (χ1v) is 6.04. The van der Waals surface area contributed by atoms with Gasteiger partial charge in [0, 0.05) is 5.56 Å². The maximum atomic E-state index is 14.3. The van der Waals surface area contributed by atoms with Gasteiger partial charge in [0.15, 0.2) is 5.69 Å². The molecule has 104 valence electrons. The number of halogens is 2. The molecule has 19 heavy (non-hydrogen) atoms. The van der Waals surface area contributed by atoms with Crippen LogP contribution < -0.4 is 0 Å². The topological polar surface area (TPSA) is 24.6 Å². The predicted octanol–water partition coefficient (Wildman–Crippen LogP) is 4.40. The number of rotatable bonds is 2. The summed E-state index contributed by atoms with van der Waals surface area (Å²) in [4.78, 5) is 3.28. The van der Waals surface area contributed by atoms with Crippen molar-refractivity contribution in [2.45, 2.75) is 51.6 Å². The lowest BCUT2D eigenvalue weighted by Gasteiger charge is -2.32. The van der Waals surface area contributed by atoms with Gasteiger partial charge in [-0.05, 0) is 24.8 Å². The van der Waals surface area contributed by atoms with Crippen LogP contribution >= 0.6 is 0 Å². The molecule has 0 bridgehead atoms. The second-order valence-corrected chi connectivity index (χ2v) is 6.20. The van der Waals surface area contributed by atoms with Crippen LogP contribution in [0.3, 0.4) is 0 Å². The maximum Gasteiger partial charge on any atom is 0.291 e. The highest BCUT2D eigenvalue weighted by Gasteiger charge is 2.48. The summed E-state index contributed by atoms with van der Waals surface area (Å²) >= 11 is 0. The molecule has 0 aliphatic heterocycles. The van der Waals surface area contributed by atoms with Crippen molar-refractivity contribution in [1.82, 2.24) is 0 Å². The van der Waals surface area contributed by atoms with Crippen molar-refractivity contribution in [1.29, 1.82) is 0 Å². The van der Waals surface area contributed by atoms with Crippen molar-refractivity contribution in [2.75, 3.05) is 0 Å². The van der Waals surface area contributed by atoms with Crippen LogP contribution in [-0.2, 0) is 11.3 Å². The molecule has 0 spiro atoms. The van der Waals surface area contributed by atoms with Crippen molar-refractivity contribution in [2.24, 2.45) is 0 Å². The van der Waals surface area contributed by atoms with Crippen LogP contribution in [0.25, 0.3) is 4.85 Å². The number of hydrogen-bond acceptors (Lipinski definition) is 1. The molecule has 1 aromatic carbocycles. The Bertz CT molecular complexity index is 516. The SMILES string of the molecule is [C-]#[N+]c1c(C(C)(C)C)cccc1C(F)(F)C(C)(C)O. The van der Waals surface area contributed by atoms with E-state index >= 15 is 0 Å². The maximum absolute atomic E-state index is 14.3. The Balaban J connectivity index is 3.61. The quantitative estimate of drug-likeness (QED) is 0.789. The van der Waals surface area contributed by atoms with Gasteiger partial charge in [-0.3, -0.25) is 0 Å². The largest absolute Gasteiger partial charge is 0.384 e. The lowest BCUT2D eigenvalue weighted by molar-refractivity contribution is -0.168. The molecule has 0 amide bonds. The molecule has 1 N–H and O–H groups in total. The van der Waals surface area contributed by atoms with Crippen molar-refractivity contribution >= 4 is 5.69 Å². The van der Waals surface area contributed by atoms with Crippen LogP contribution in [0.1, 0.15) is 45.7 Å². The smallest absolute Gasteiger partial charge is 0.291 e. The summed E-state index contributed by atoms with van der Waals surface area (Å²) in [5, 5.41) is 9.66. The highest BCUT2D eigenvalue weighted by molar-refractivity contribution is 5.63. The van der Waals surface area contributed by atoms with Gasteiger partial charge in [0.1, 0.15) is 5.60 Å². The standard InChI is InChI=1S/C15H19F2NO/c1-13(2,3)10-8-7-9-11(12(10)18-6)15(16,17)14(4,5)19/h7-9,19H,1-5H3. The minimum atomic E-state index is -3.48. The summed E-state index contributed by atoms with van der Waals surface area (Å²) in [6.07, 6.45) is 0. The summed E-state index contributed by atoms with van der Waals surface area (Å²) in [6.45, 7) is 14.9. The highest BCUT2D eigenvalue weighted by atomic mass is 19.3. The molecule has 1 aromatic rings. The average Bonchev–Trinajstić information content (AvgIpc) is 2.25. The van der Waals surface area contributed by atoms with Crippen LogP contribution in [0.4, 0.5) is 14.5 Å². The van der Waals surface area contributed by atoms with Crippen molar-refractivity contribution in [3.05, 3.63) is 40.7 Å². The number of nitrogens with zero attached hydrogens (tertiary/aromatic N) is 1. The second-order valence-electron chi connectivity index (χ2n) is 6.20. The molecule has 0 fully saturated rings. The van der Waals surface area contributed by atoms with Crippen LogP contribution in [0.5, 0.6) is 0 Å². The summed E-state index contributed by atoms with van der Waals surface area (Å²) < 4.78 is 28.6. The Kier molecular flexibility index (Phi) is 3.75. The first kappa shape index (κ1) is 15.6. The molecule has 2 nitrogen and oxygen atoms in total. The van der Waals surface area contributed by atoms with E-state index in [1.165, 1.54) is 12.1 Å². The Labute approximate surface area is 112 Å². The fourth-order valence-electron chi connectivity index (χ4n) is 1.85. The van der Waals surface area contributed by atoms with E-state index in [-0.39, 0.29) is 5.69 Å². The van der Waals surface area contributed by atoms with Gasteiger partial charge in [-0.2, -0.15) is 8.78 Å². The number of hydrogen-bond donors (Lipinski definition) is 1. The lowest BCUT2D eigenvalue weighted by atomic mass is 9.82. The molecular formula is C15H19F2NO. The zero-order valence-corrected chi connectivity index (χ0v) is 11.9. The van der Waals surface area contributed by atoms with Crippen molar-refractivity contribution in [3.8, 4) is 0 Å². The number of para-hydroxylation sites is 1. The normalized spacial score (nSPS) is 13.2. The first-order valence-electron chi connectivity index (χ1n) is 6.04. The van der Waals surface area contributed by atoms with Crippen LogP contribution in [0.15, 0.2) is 18.2 Å². The van der Waals surface area contributed by atoms with Gasteiger partial charge in [0.2, 0.25) is 0 Å². The van der Waals surface area contributed by atoms with Gasteiger partial charge in [-0.1, -0.05) is 39.0 Å². The third kappa shape index (κ3) is 2.76. The molecular weight excluding hydrogens is 248 g/mol. The van der Waals surface area contributed by atoms with Gasteiger partial charge < -0.3 is 5.11 Å². The Morgan fingerprint density at radius 2 is 1.53 bits per heavy atom. The van der Waals surface area contributed by atoms with Gasteiger partial charge >= 0.3 is 0 Å².